The number of methoxy groups -OCH3 is 1. The average Bonchev–Trinajstić information content (AvgIpc) is 3.20. The average molecular weight is 439 g/mol. The quantitative estimate of drug-likeness (QED) is 0.253. The lowest BCUT2D eigenvalue weighted by Crippen LogP contribution is -2.22. The Kier molecular flexibility index (Phi) is 6.83. The largest absolute Gasteiger partial charge is 0.496 e. The molecule has 3 rings (SSSR count). The molecule has 3 aromatic rings. The maximum Gasteiger partial charge on any atom is 0.325 e. The Morgan fingerprint density at radius 2 is 1.90 bits per heavy atom. The van der Waals surface area contributed by atoms with Gasteiger partial charge in [0, 0.05) is 16.6 Å². The number of hydrogen-bond acceptors (Lipinski definition) is 6. The Hall–Kier alpha value is -3.92. The smallest absolute Gasteiger partial charge is 0.325 e. The maximum absolute atomic E-state index is 13.2. The summed E-state index contributed by atoms with van der Waals surface area (Å²) in [5.74, 6) is 0.179. The summed E-state index contributed by atoms with van der Waals surface area (Å²) >= 11 is 1.24. The van der Waals surface area contributed by atoms with Crippen LogP contribution in [0.15, 0.2) is 53.7 Å². The van der Waals surface area contributed by atoms with Crippen molar-refractivity contribution in [2.24, 2.45) is 16.5 Å². The number of hydrogen-bond donors (Lipinski definition) is 4. The molecule has 0 spiro atoms. The number of urea groups is 1. The van der Waals surface area contributed by atoms with Crippen LogP contribution in [0.1, 0.15) is 26.4 Å². The van der Waals surface area contributed by atoms with Crippen LogP contribution in [-0.4, -0.2) is 29.9 Å². The lowest BCUT2D eigenvalue weighted by molar-refractivity contribution is 0.103. The van der Waals surface area contributed by atoms with Crippen molar-refractivity contribution < 1.29 is 14.3 Å². The van der Waals surface area contributed by atoms with E-state index in [2.05, 4.69) is 20.6 Å². The van der Waals surface area contributed by atoms with Crippen molar-refractivity contribution in [3.8, 4) is 5.75 Å². The fourth-order valence-electron chi connectivity index (χ4n) is 2.79. The van der Waals surface area contributed by atoms with E-state index < -0.39 is 6.03 Å². The normalized spacial score (nSPS) is 10.3. The number of nitrogens with two attached hydrogens (primary N) is 2. The lowest BCUT2D eigenvalue weighted by atomic mass is 9.99. The summed E-state index contributed by atoms with van der Waals surface area (Å²) in [7, 11) is 1.50. The number of ether oxygens (including phenoxy) is 1. The molecular weight excluding hydrogens is 416 g/mol. The minimum Gasteiger partial charge on any atom is -0.496 e. The summed E-state index contributed by atoms with van der Waals surface area (Å²) in [5, 5.41) is 5.75. The van der Waals surface area contributed by atoms with Crippen molar-refractivity contribution in [3.05, 3.63) is 70.2 Å². The Labute approximate surface area is 183 Å². The molecule has 0 bridgehead atoms. The number of aromatic nitrogens is 1. The minimum atomic E-state index is -0.527. The Balaban J connectivity index is 1.78. The summed E-state index contributed by atoms with van der Waals surface area (Å²) in [6.07, 6.45) is 1.58. The molecule has 9 nitrogen and oxygen atoms in total. The van der Waals surface area contributed by atoms with Gasteiger partial charge in [0.05, 0.1) is 24.9 Å². The molecule has 0 atom stereocenters. The molecular formula is C21H22N6O3S. The zero-order valence-electron chi connectivity index (χ0n) is 17.0. The first-order chi connectivity index (χ1) is 14.9. The van der Waals surface area contributed by atoms with E-state index >= 15 is 0 Å². The fourth-order valence-corrected chi connectivity index (χ4v) is 3.52. The van der Waals surface area contributed by atoms with Crippen LogP contribution >= 0.6 is 11.3 Å². The van der Waals surface area contributed by atoms with Gasteiger partial charge in [-0.2, -0.15) is 0 Å². The highest BCUT2D eigenvalue weighted by atomic mass is 32.1. The van der Waals surface area contributed by atoms with Gasteiger partial charge in [0.1, 0.15) is 5.75 Å². The summed E-state index contributed by atoms with van der Waals surface area (Å²) in [6, 6.07) is 11.6. The molecule has 0 aliphatic carbocycles. The molecule has 0 aliphatic rings. The number of rotatable bonds is 7. The van der Waals surface area contributed by atoms with E-state index in [9.17, 15) is 9.59 Å². The number of nitrogens with zero attached hydrogens (tertiary/aromatic N) is 2. The fraction of sp³-hybridized carbons (Fsp3) is 0.143. The van der Waals surface area contributed by atoms with Crippen molar-refractivity contribution in [3.63, 3.8) is 0 Å². The number of ketones is 1. The van der Waals surface area contributed by atoms with Crippen molar-refractivity contribution in [1.29, 1.82) is 0 Å². The SMILES string of the molecule is COc1ccccc1C(=O)c1cc(C)ccc1NC(=O)Nc1ncc(CN=C(N)N)s1. The number of carbonyl (C=O) groups excluding carboxylic acids is 2. The number of aliphatic imine (C=N–C) groups is 1. The monoisotopic (exact) mass is 438 g/mol. The summed E-state index contributed by atoms with van der Waals surface area (Å²) < 4.78 is 5.30. The molecule has 0 saturated heterocycles. The van der Waals surface area contributed by atoms with Crippen LogP contribution in [0.4, 0.5) is 15.6 Å². The lowest BCUT2D eigenvalue weighted by Gasteiger charge is -2.13. The summed E-state index contributed by atoms with van der Waals surface area (Å²) in [5.41, 5.74) is 12.7. The Bertz CT molecular complexity index is 1140. The van der Waals surface area contributed by atoms with Crippen molar-refractivity contribution in [1.82, 2.24) is 4.98 Å². The third kappa shape index (κ3) is 5.58. The number of benzene rings is 2. The third-order valence-corrected chi connectivity index (χ3v) is 5.11. The number of para-hydroxylation sites is 1. The van der Waals surface area contributed by atoms with Crippen LogP contribution in [0.2, 0.25) is 0 Å². The molecule has 31 heavy (non-hydrogen) atoms. The van der Waals surface area contributed by atoms with E-state index in [1.807, 2.05) is 13.0 Å². The molecule has 0 radical (unpaired) electrons. The molecule has 2 amide bonds. The van der Waals surface area contributed by atoms with E-state index in [4.69, 9.17) is 16.2 Å². The molecule has 160 valence electrons. The number of anilines is 2. The molecule has 1 aromatic heterocycles. The van der Waals surface area contributed by atoms with E-state index in [1.165, 1.54) is 18.4 Å². The van der Waals surface area contributed by atoms with E-state index in [-0.39, 0.29) is 18.3 Å². The number of thiazole rings is 1. The molecule has 0 unspecified atom stereocenters. The van der Waals surface area contributed by atoms with Gasteiger partial charge in [-0.15, -0.1) is 0 Å². The van der Waals surface area contributed by atoms with E-state index in [0.717, 1.165) is 10.4 Å². The maximum atomic E-state index is 13.2. The summed E-state index contributed by atoms with van der Waals surface area (Å²) in [4.78, 5) is 34.5. The zero-order chi connectivity index (χ0) is 22.4. The van der Waals surface area contributed by atoms with Crippen LogP contribution < -0.4 is 26.8 Å². The molecule has 0 aliphatic heterocycles. The standard InChI is InChI=1S/C21H22N6O3S/c1-12-7-8-16(15(9-12)18(28)14-5-3-4-6-17(14)30-2)26-20(29)27-21-25-11-13(31-21)10-24-19(22)23/h3-9,11H,10H2,1-2H3,(H4,22,23,24)(H2,25,26,27,29). The van der Waals surface area contributed by atoms with Crippen LogP contribution in [0.25, 0.3) is 0 Å². The van der Waals surface area contributed by atoms with Crippen LogP contribution in [0, 0.1) is 6.92 Å². The van der Waals surface area contributed by atoms with Gasteiger partial charge in [-0.3, -0.25) is 10.1 Å². The molecule has 6 N–H and O–H groups in total. The van der Waals surface area contributed by atoms with Gasteiger partial charge in [0.25, 0.3) is 0 Å². The molecule has 1 heterocycles. The van der Waals surface area contributed by atoms with Crippen molar-refractivity contribution in [2.75, 3.05) is 17.7 Å². The minimum absolute atomic E-state index is 0.0210. The molecule has 0 fully saturated rings. The second kappa shape index (κ2) is 9.72. The second-order valence-corrected chi connectivity index (χ2v) is 7.65. The highest BCUT2D eigenvalue weighted by Crippen LogP contribution is 2.26. The first-order valence-corrected chi connectivity index (χ1v) is 10.1. The number of guanidine groups is 1. The predicted octanol–water partition coefficient (Wildman–Crippen LogP) is 3.11. The first-order valence-electron chi connectivity index (χ1n) is 9.24. The predicted molar refractivity (Wildman–Crippen MR) is 122 cm³/mol. The third-order valence-electron chi connectivity index (χ3n) is 4.21. The second-order valence-electron chi connectivity index (χ2n) is 6.53. The van der Waals surface area contributed by atoms with Gasteiger partial charge in [-0.1, -0.05) is 35.1 Å². The van der Waals surface area contributed by atoms with Gasteiger partial charge in [0.15, 0.2) is 16.9 Å². The van der Waals surface area contributed by atoms with Crippen LogP contribution in [0.5, 0.6) is 5.75 Å². The highest BCUT2D eigenvalue weighted by Gasteiger charge is 2.19. The van der Waals surface area contributed by atoms with Gasteiger partial charge in [-0.05, 0) is 31.2 Å². The van der Waals surface area contributed by atoms with Crippen LogP contribution in [0.3, 0.4) is 0 Å². The molecule has 2 aromatic carbocycles. The zero-order valence-corrected chi connectivity index (χ0v) is 17.8. The number of carbonyl (C=O) groups is 2. The van der Waals surface area contributed by atoms with Gasteiger partial charge >= 0.3 is 6.03 Å². The topological polar surface area (TPSA) is 145 Å². The van der Waals surface area contributed by atoms with Gasteiger partial charge < -0.3 is 21.5 Å². The first kappa shape index (κ1) is 21.8. The van der Waals surface area contributed by atoms with Gasteiger partial charge in [-0.25, -0.2) is 14.8 Å². The molecule has 0 saturated carbocycles. The number of aryl methyl sites for hydroxylation is 1. The summed E-state index contributed by atoms with van der Waals surface area (Å²) in [6.45, 7) is 2.15. The van der Waals surface area contributed by atoms with Gasteiger partial charge in [0.2, 0.25) is 0 Å². The molecule has 10 heteroatoms. The number of amides is 2. The van der Waals surface area contributed by atoms with E-state index in [0.29, 0.717) is 27.7 Å². The highest BCUT2D eigenvalue weighted by molar-refractivity contribution is 7.15. The number of nitrogens with one attached hydrogen (secondary N) is 2. The van der Waals surface area contributed by atoms with Crippen LogP contribution in [-0.2, 0) is 6.54 Å². The Morgan fingerprint density at radius 1 is 1.13 bits per heavy atom. The van der Waals surface area contributed by atoms with Crippen molar-refractivity contribution in [2.45, 2.75) is 13.5 Å². The van der Waals surface area contributed by atoms with Crippen molar-refractivity contribution >= 4 is 39.9 Å². The van der Waals surface area contributed by atoms with E-state index in [1.54, 1.807) is 42.6 Å². The Morgan fingerprint density at radius 3 is 2.65 bits per heavy atom.